The van der Waals surface area contributed by atoms with Crippen molar-refractivity contribution < 1.29 is 4.79 Å². The molecule has 2 atom stereocenters. The van der Waals surface area contributed by atoms with Crippen LogP contribution in [0.5, 0.6) is 0 Å². The third kappa shape index (κ3) is 1.57. The van der Waals surface area contributed by atoms with Gasteiger partial charge in [0.1, 0.15) is 5.78 Å². The van der Waals surface area contributed by atoms with Gasteiger partial charge in [-0.15, -0.1) is 0 Å². The highest BCUT2D eigenvalue weighted by atomic mass is 16.1. The van der Waals surface area contributed by atoms with E-state index >= 15 is 0 Å². The molecule has 0 aromatic carbocycles. The summed E-state index contributed by atoms with van der Waals surface area (Å²) in [5.74, 6) is 1.44. The molecule has 0 amide bonds. The highest BCUT2D eigenvalue weighted by Crippen LogP contribution is 2.42. The Morgan fingerprint density at radius 1 is 1.44 bits per heavy atom. The molecule has 0 aliphatic heterocycles. The Morgan fingerprint density at radius 2 is 2.25 bits per heavy atom. The zero-order valence-electron chi connectivity index (χ0n) is 9.65. The quantitative estimate of drug-likeness (QED) is 0.776. The minimum Gasteiger partial charge on any atom is -0.299 e. The number of hydrogen-bond donors (Lipinski definition) is 0. The SMILES string of the molecule is CC(C(=O)C1CCc2cccnc21)C1CC1. The van der Waals surface area contributed by atoms with Crippen LogP contribution in [0.4, 0.5) is 0 Å². The Morgan fingerprint density at radius 3 is 3.00 bits per heavy atom. The largest absolute Gasteiger partial charge is 0.299 e. The number of carbonyl (C=O) groups is 1. The van der Waals surface area contributed by atoms with Crippen LogP contribution in [0.15, 0.2) is 18.3 Å². The van der Waals surface area contributed by atoms with Crippen LogP contribution in [0.3, 0.4) is 0 Å². The third-order valence-corrected chi connectivity index (χ3v) is 4.08. The summed E-state index contributed by atoms with van der Waals surface area (Å²) in [4.78, 5) is 16.8. The molecule has 2 unspecified atom stereocenters. The summed E-state index contributed by atoms with van der Waals surface area (Å²) in [5, 5.41) is 0. The van der Waals surface area contributed by atoms with Crippen LogP contribution >= 0.6 is 0 Å². The number of carbonyl (C=O) groups excluding carboxylic acids is 1. The number of hydrogen-bond acceptors (Lipinski definition) is 2. The van der Waals surface area contributed by atoms with Gasteiger partial charge in [-0.2, -0.15) is 0 Å². The number of nitrogens with zero attached hydrogens (tertiary/aromatic N) is 1. The summed E-state index contributed by atoms with van der Waals surface area (Å²) < 4.78 is 0. The van der Waals surface area contributed by atoms with Crippen LogP contribution in [-0.2, 0) is 11.2 Å². The topological polar surface area (TPSA) is 30.0 Å². The van der Waals surface area contributed by atoms with E-state index in [2.05, 4.69) is 18.0 Å². The van der Waals surface area contributed by atoms with Crippen molar-refractivity contribution in [2.75, 3.05) is 0 Å². The fourth-order valence-corrected chi connectivity index (χ4v) is 2.84. The maximum Gasteiger partial charge on any atom is 0.145 e. The summed E-state index contributed by atoms with van der Waals surface area (Å²) >= 11 is 0. The van der Waals surface area contributed by atoms with Gasteiger partial charge in [-0.25, -0.2) is 0 Å². The molecule has 0 saturated heterocycles. The predicted molar refractivity (Wildman–Crippen MR) is 62.2 cm³/mol. The Hall–Kier alpha value is -1.18. The smallest absolute Gasteiger partial charge is 0.145 e. The van der Waals surface area contributed by atoms with Crippen molar-refractivity contribution in [3.8, 4) is 0 Å². The molecule has 2 heteroatoms. The number of aryl methyl sites for hydroxylation is 1. The summed E-state index contributed by atoms with van der Waals surface area (Å²) in [5.41, 5.74) is 2.34. The Balaban J connectivity index is 1.84. The van der Waals surface area contributed by atoms with Gasteiger partial charge in [0.2, 0.25) is 0 Å². The number of Topliss-reactive ketones (excluding diaryl/α,β-unsaturated/α-hetero) is 1. The zero-order valence-corrected chi connectivity index (χ0v) is 9.65. The summed E-state index contributed by atoms with van der Waals surface area (Å²) in [6.45, 7) is 2.10. The summed E-state index contributed by atoms with van der Waals surface area (Å²) in [6.07, 6.45) is 6.30. The third-order valence-electron chi connectivity index (χ3n) is 4.08. The van der Waals surface area contributed by atoms with E-state index in [0.29, 0.717) is 11.7 Å². The second kappa shape index (κ2) is 3.69. The predicted octanol–water partition coefficient (Wildman–Crippen LogP) is 2.73. The highest BCUT2D eigenvalue weighted by molar-refractivity contribution is 5.88. The van der Waals surface area contributed by atoms with Crippen LogP contribution in [0.1, 0.15) is 43.4 Å². The van der Waals surface area contributed by atoms with Gasteiger partial charge in [-0.1, -0.05) is 13.0 Å². The number of pyridine rings is 1. The van der Waals surface area contributed by atoms with Gasteiger partial charge in [-0.05, 0) is 43.2 Å². The Bertz CT molecular complexity index is 422. The fourth-order valence-electron chi connectivity index (χ4n) is 2.84. The molecule has 2 nitrogen and oxygen atoms in total. The van der Waals surface area contributed by atoms with Crippen molar-refractivity contribution in [2.24, 2.45) is 11.8 Å². The molecule has 0 radical (unpaired) electrons. The van der Waals surface area contributed by atoms with Crippen LogP contribution < -0.4 is 0 Å². The van der Waals surface area contributed by atoms with Crippen molar-refractivity contribution in [3.63, 3.8) is 0 Å². The number of aromatic nitrogens is 1. The van der Waals surface area contributed by atoms with Crippen molar-refractivity contribution >= 4 is 5.78 Å². The normalized spacial score (nSPS) is 25.2. The van der Waals surface area contributed by atoms with E-state index in [1.54, 1.807) is 0 Å². The highest BCUT2D eigenvalue weighted by Gasteiger charge is 2.38. The average Bonchev–Trinajstić information content (AvgIpc) is 3.07. The second-order valence-electron chi connectivity index (χ2n) is 5.17. The molecular formula is C14H17NO. The van der Waals surface area contributed by atoms with Crippen molar-refractivity contribution in [3.05, 3.63) is 29.6 Å². The first-order valence-corrected chi connectivity index (χ1v) is 6.25. The van der Waals surface area contributed by atoms with E-state index in [1.165, 1.54) is 18.4 Å². The minimum atomic E-state index is 0.0896. The van der Waals surface area contributed by atoms with Gasteiger partial charge >= 0.3 is 0 Å². The summed E-state index contributed by atoms with van der Waals surface area (Å²) in [7, 11) is 0. The van der Waals surface area contributed by atoms with Gasteiger partial charge in [0.05, 0.1) is 11.6 Å². The first-order chi connectivity index (χ1) is 7.77. The van der Waals surface area contributed by atoms with Crippen LogP contribution in [0.25, 0.3) is 0 Å². The lowest BCUT2D eigenvalue weighted by Gasteiger charge is -2.14. The van der Waals surface area contributed by atoms with Crippen molar-refractivity contribution in [2.45, 2.75) is 38.5 Å². The first-order valence-electron chi connectivity index (χ1n) is 6.25. The maximum atomic E-state index is 12.3. The van der Waals surface area contributed by atoms with Gasteiger partial charge in [0.25, 0.3) is 0 Å². The molecule has 1 aromatic rings. The molecule has 1 aromatic heterocycles. The van der Waals surface area contributed by atoms with Gasteiger partial charge in [-0.3, -0.25) is 9.78 Å². The van der Waals surface area contributed by atoms with E-state index in [-0.39, 0.29) is 11.8 Å². The number of rotatable bonds is 3. The lowest BCUT2D eigenvalue weighted by molar-refractivity contribution is -0.124. The molecule has 0 bridgehead atoms. The molecule has 2 aliphatic carbocycles. The number of ketones is 1. The fraction of sp³-hybridized carbons (Fsp3) is 0.571. The molecule has 1 saturated carbocycles. The van der Waals surface area contributed by atoms with Gasteiger partial charge in [0.15, 0.2) is 0 Å². The average molecular weight is 215 g/mol. The van der Waals surface area contributed by atoms with E-state index < -0.39 is 0 Å². The van der Waals surface area contributed by atoms with Crippen LogP contribution in [-0.4, -0.2) is 10.8 Å². The lowest BCUT2D eigenvalue weighted by atomic mass is 9.89. The Kier molecular flexibility index (Phi) is 2.31. The van der Waals surface area contributed by atoms with Gasteiger partial charge < -0.3 is 0 Å². The maximum absolute atomic E-state index is 12.3. The zero-order chi connectivity index (χ0) is 11.1. The second-order valence-corrected chi connectivity index (χ2v) is 5.17. The molecule has 0 spiro atoms. The molecule has 0 N–H and O–H groups in total. The van der Waals surface area contributed by atoms with Crippen LogP contribution in [0.2, 0.25) is 0 Å². The first kappa shape index (κ1) is 10.0. The monoisotopic (exact) mass is 215 g/mol. The minimum absolute atomic E-state index is 0.0896. The van der Waals surface area contributed by atoms with E-state index in [1.807, 2.05) is 12.3 Å². The van der Waals surface area contributed by atoms with Crippen molar-refractivity contribution in [1.82, 2.24) is 4.98 Å². The molecule has 1 fully saturated rings. The standard InChI is InChI=1S/C14H17NO/c1-9(10-4-5-10)14(16)12-7-6-11-3-2-8-15-13(11)12/h2-3,8-10,12H,4-7H2,1H3. The summed E-state index contributed by atoms with van der Waals surface area (Å²) in [6, 6.07) is 4.08. The van der Waals surface area contributed by atoms with E-state index in [9.17, 15) is 4.79 Å². The van der Waals surface area contributed by atoms with E-state index in [4.69, 9.17) is 0 Å². The lowest BCUT2D eigenvalue weighted by Crippen LogP contribution is -2.20. The number of fused-ring (bicyclic) bond motifs is 1. The Labute approximate surface area is 96.1 Å². The van der Waals surface area contributed by atoms with Gasteiger partial charge in [0, 0.05) is 12.1 Å². The molecule has 1 heterocycles. The molecule has 2 aliphatic rings. The molecule has 16 heavy (non-hydrogen) atoms. The van der Waals surface area contributed by atoms with Crippen LogP contribution in [0, 0.1) is 11.8 Å². The van der Waals surface area contributed by atoms with Crippen molar-refractivity contribution in [1.29, 1.82) is 0 Å². The van der Waals surface area contributed by atoms with E-state index in [0.717, 1.165) is 18.5 Å². The molecule has 84 valence electrons. The molecular weight excluding hydrogens is 198 g/mol. The molecule has 3 rings (SSSR count).